The summed E-state index contributed by atoms with van der Waals surface area (Å²) in [5.41, 5.74) is 1.94. The fourth-order valence-electron chi connectivity index (χ4n) is 0.109. The first-order valence-electron chi connectivity index (χ1n) is 1.58. The highest BCUT2D eigenvalue weighted by Crippen LogP contribution is 1.84. The van der Waals surface area contributed by atoms with Gasteiger partial charge in [0.05, 0.1) is 0 Å². The number of hydrogen-bond acceptors (Lipinski definition) is 4. The molecule has 0 amide bonds. The second-order valence-corrected chi connectivity index (χ2v) is 1.54. The Balaban J connectivity index is 3.40. The molecule has 0 saturated carbocycles. The Labute approximate surface area is 56.8 Å². The van der Waals surface area contributed by atoms with Gasteiger partial charge in [-0.1, -0.05) is 12.6 Å². The summed E-state index contributed by atoms with van der Waals surface area (Å²) < 4.78 is 4.12. The van der Waals surface area contributed by atoms with Crippen LogP contribution < -0.4 is 11.3 Å². The van der Waals surface area contributed by atoms with Crippen LogP contribution in [-0.4, -0.2) is 10.5 Å². The van der Waals surface area contributed by atoms with Crippen LogP contribution in [0.2, 0.25) is 0 Å². The zero-order valence-electron chi connectivity index (χ0n) is 3.75. The van der Waals surface area contributed by atoms with E-state index in [1.807, 2.05) is 5.43 Å². The first-order chi connectivity index (χ1) is 3.66. The number of carbonyl (C=O) groups excluding carboxylic acids is 1. The predicted octanol–water partition coefficient (Wildman–Crippen LogP) is -0.199. The molecule has 4 nitrogen and oxygen atoms in total. The summed E-state index contributed by atoms with van der Waals surface area (Å²) in [5, 5.41) is -0.974. The second-order valence-electron chi connectivity index (χ2n) is 0.800. The summed E-state index contributed by atoms with van der Waals surface area (Å²) >= 11 is 7.55. The van der Waals surface area contributed by atoms with E-state index < -0.39 is 5.30 Å². The Hall–Kier alpha value is -0.330. The molecule has 0 radical (unpaired) electrons. The first kappa shape index (κ1) is 7.67. The second kappa shape index (κ2) is 3.65. The molecular weight excluding hydrogens is 148 g/mol. The number of nitrogens with one attached hydrogen (secondary N) is 1. The van der Waals surface area contributed by atoms with Crippen LogP contribution in [0.15, 0.2) is 0 Å². The molecule has 0 unspecified atom stereocenters. The van der Waals surface area contributed by atoms with Crippen molar-refractivity contribution < 1.29 is 9.53 Å². The molecular formula is C2H4N2O2S2. The molecule has 0 spiro atoms. The minimum Gasteiger partial charge on any atom is -0.390 e. The Kier molecular flexibility index (Phi) is 3.49. The van der Waals surface area contributed by atoms with Crippen molar-refractivity contribution in [1.29, 1.82) is 0 Å². The zero-order valence-corrected chi connectivity index (χ0v) is 5.46. The standard InChI is InChI=1S/C2H4N2O2S2/c3-4-1(7)6-2(5)8/h3H2,(H,4,7)(H,5,8). The van der Waals surface area contributed by atoms with E-state index in [-0.39, 0.29) is 5.17 Å². The molecule has 6 heteroatoms. The van der Waals surface area contributed by atoms with Crippen molar-refractivity contribution in [2.75, 3.05) is 0 Å². The lowest BCUT2D eigenvalue weighted by Gasteiger charge is -1.97. The largest absolute Gasteiger partial charge is 0.390 e. The molecule has 3 N–H and O–H groups in total. The number of carbonyl (C=O) groups is 1. The van der Waals surface area contributed by atoms with E-state index >= 15 is 0 Å². The molecule has 0 bridgehead atoms. The van der Waals surface area contributed by atoms with Crippen molar-refractivity contribution in [3.05, 3.63) is 0 Å². The average Bonchev–Trinajstić information content (AvgIpc) is 1.65. The topological polar surface area (TPSA) is 64.3 Å². The normalized spacial score (nSPS) is 7.75. The van der Waals surface area contributed by atoms with Crippen LogP contribution >= 0.6 is 24.8 Å². The van der Waals surface area contributed by atoms with Crippen molar-refractivity contribution in [3.63, 3.8) is 0 Å². The van der Waals surface area contributed by atoms with Crippen LogP contribution in [0.3, 0.4) is 0 Å². The highest BCUT2D eigenvalue weighted by atomic mass is 32.1. The van der Waals surface area contributed by atoms with Gasteiger partial charge >= 0.3 is 5.30 Å². The lowest BCUT2D eigenvalue weighted by Crippen LogP contribution is -2.30. The number of hydrogen-bond donors (Lipinski definition) is 3. The van der Waals surface area contributed by atoms with Gasteiger partial charge in [0.1, 0.15) is 0 Å². The fraction of sp³-hybridized carbons (Fsp3) is 0. The third kappa shape index (κ3) is 3.85. The van der Waals surface area contributed by atoms with E-state index in [1.54, 1.807) is 0 Å². The van der Waals surface area contributed by atoms with Crippen molar-refractivity contribution in [2.24, 2.45) is 5.84 Å². The number of thiol groups is 1. The maximum atomic E-state index is 9.87. The smallest absolute Gasteiger partial charge is 0.371 e. The van der Waals surface area contributed by atoms with Crippen molar-refractivity contribution in [3.8, 4) is 0 Å². The van der Waals surface area contributed by atoms with Gasteiger partial charge in [-0.3, -0.25) is 5.43 Å². The molecule has 0 rings (SSSR count). The number of rotatable bonds is 0. The summed E-state index contributed by atoms with van der Waals surface area (Å²) in [6.07, 6.45) is 0. The van der Waals surface area contributed by atoms with Gasteiger partial charge in [-0.25, -0.2) is 10.6 Å². The van der Waals surface area contributed by atoms with E-state index in [9.17, 15) is 4.79 Å². The van der Waals surface area contributed by atoms with E-state index in [2.05, 4.69) is 29.6 Å². The van der Waals surface area contributed by atoms with Gasteiger partial charge in [0.2, 0.25) is 0 Å². The van der Waals surface area contributed by atoms with Gasteiger partial charge < -0.3 is 4.74 Å². The minimum atomic E-state index is -0.784. The van der Waals surface area contributed by atoms with Crippen molar-refractivity contribution in [2.45, 2.75) is 0 Å². The molecule has 0 fully saturated rings. The molecule has 0 aliphatic heterocycles. The first-order valence-corrected chi connectivity index (χ1v) is 2.43. The number of thiocarbonyl (C=S) groups is 1. The molecule has 0 aromatic rings. The summed E-state index contributed by atoms with van der Waals surface area (Å²) in [6.45, 7) is 0. The van der Waals surface area contributed by atoms with E-state index in [0.29, 0.717) is 0 Å². The third-order valence-corrected chi connectivity index (χ3v) is 0.590. The summed E-state index contributed by atoms with van der Waals surface area (Å²) in [7, 11) is 0. The molecule has 0 aliphatic carbocycles. The summed E-state index contributed by atoms with van der Waals surface area (Å²) in [5.74, 6) is 4.72. The number of nitrogens with two attached hydrogens (primary N) is 1. The Bertz CT molecular complexity index is 115. The van der Waals surface area contributed by atoms with Gasteiger partial charge in [-0.05, 0) is 12.2 Å². The van der Waals surface area contributed by atoms with Crippen molar-refractivity contribution >= 4 is 35.3 Å². The van der Waals surface area contributed by atoms with Gasteiger partial charge in [-0.2, -0.15) is 0 Å². The Morgan fingerprint density at radius 3 is 2.50 bits per heavy atom. The van der Waals surface area contributed by atoms with Crippen LogP contribution in [0.4, 0.5) is 4.79 Å². The van der Waals surface area contributed by atoms with E-state index in [0.717, 1.165) is 0 Å². The molecule has 0 heterocycles. The third-order valence-electron chi connectivity index (χ3n) is 0.298. The van der Waals surface area contributed by atoms with Gasteiger partial charge in [-0.15, -0.1) is 0 Å². The Morgan fingerprint density at radius 1 is 1.88 bits per heavy atom. The maximum Gasteiger partial charge on any atom is 0.371 e. The van der Waals surface area contributed by atoms with Crippen molar-refractivity contribution in [1.82, 2.24) is 5.43 Å². The van der Waals surface area contributed by atoms with Gasteiger partial charge in [0.25, 0.3) is 5.17 Å². The average molecular weight is 152 g/mol. The van der Waals surface area contributed by atoms with Crippen LogP contribution in [0, 0.1) is 0 Å². The molecule has 8 heavy (non-hydrogen) atoms. The quantitative estimate of drug-likeness (QED) is 0.147. The molecule has 0 aliphatic rings. The number of ether oxygens (including phenoxy) is 1. The van der Waals surface area contributed by atoms with E-state index in [4.69, 9.17) is 5.84 Å². The maximum absolute atomic E-state index is 9.87. The molecule has 0 aromatic heterocycles. The SMILES string of the molecule is NNC(=S)OC(=O)S. The molecule has 0 saturated heterocycles. The molecule has 0 aromatic carbocycles. The van der Waals surface area contributed by atoms with Crippen LogP contribution in [0.5, 0.6) is 0 Å². The highest BCUT2D eigenvalue weighted by Gasteiger charge is 1.95. The number of hydrazine groups is 1. The zero-order chi connectivity index (χ0) is 6.57. The molecule has 0 atom stereocenters. The summed E-state index contributed by atoms with van der Waals surface area (Å²) in [4.78, 5) is 9.87. The van der Waals surface area contributed by atoms with Crippen LogP contribution in [0.25, 0.3) is 0 Å². The van der Waals surface area contributed by atoms with Crippen LogP contribution in [0.1, 0.15) is 0 Å². The minimum absolute atomic E-state index is 0.190. The monoisotopic (exact) mass is 152 g/mol. The van der Waals surface area contributed by atoms with E-state index in [1.165, 1.54) is 0 Å². The molecule has 46 valence electrons. The fourth-order valence-corrected chi connectivity index (χ4v) is 0.337. The van der Waals surface area contributed by atoms with Crippen LogP contribution in [-0.2, 0) is 4.74 Å². The lowest BCUT2D eigenvalue weighted by atomic mass is 11.2. The predicted molar refractivity (Wildman–Crippen MR) is 35.4 cm³/mol. The van der Waals surface area contributed by atoms with Gasteiger partial charge in [0, 0.05) is 0 Å². The highest BCUT2D eigenvalue weighted by molar-refractivity contribution is 7.96. The van der Waals surface area contributed by atoms with Gasteiger partial charge in [0.15, 0.2) is 0 Å². The summed E-state index contributed by atoms with van der Waals surface area (Å²) in [6, 6.07) is 0. The lowest BCUT2D eigenvalue weighted by molar-refractivity contribution is 0.224. The Morgan fingerprint density at radius 2 is 2.38 bits per heavy atom.